The summed E-state index contributed by atoms with van der Waals surface area (Å²) < 4.78 is 0. The summed E-state index contributed by atoms with van der Waals surface area (Å²) in [6.07, 6.45) is 4.64. The van der Waals surface area contributed by atoms with Gasteiger partial charge >= 0.3 is 0 Å². The molecule has 0 saturated carbocycles. The number of halogens is 1. The SMILES string of the molecule is N[C@H]1CCCCc2c1cc(Cl)c1ccccc21. The Morgan fingerprint density at radius 1 is 1.12 bits per heavy atom. The molecule has 2 aromatic rings. The summed E-state index contributed by atoms with van der Waals surface area (Å²) >= 11 is 6.36. The molecule has 0 bridgehead atoms. The summed E-state index contributed by atoms with van der Waals surface area (Å²) in [5.74, 6) is 0. The lowest BCUT2D eigenvalue weighted by Crippen LogP contribution is -2.10. The van der Waals surface area contributed by atoms with Crippen molar-refractivity contribution in [1.82, 2.24) is 0 Å². The van der Waals surface area contributed by atoms with Crippen LogP contribution in [0, 0.1) is 0 Å². The first kappa shape index (κ1) is 11.1. The summed E-state index contributed by atoms with van der Waals surface area (Å²) in [5, 5.41) is 3.27. The molecule has 0 radical (unpaired) electrons. The summed E-state index contributed by atoms with van der Waals surface area (Å²) in [6, 6.07) is 10.6. The zero-order chi connectivity index (χ0) is 11.8. The van der Waals surface area contributed by atoms with Gasteiger partial charge in [-0.05, 0) is 41.8 Å². The number of nitrogens with two attached hydrogens (primary N) is 1. The van der Waals surface area contributed by atoms with Gasteiger partial charge in [0, 0.05) is 16.5 Å². The molecule has 0 unspecified atom stereocenters. The Bertz CT molecular complexity index is 562. The van der Waals surface area contributed by atoms with Crippen molar-refractivity contribution in [3.63, 3.8) is 0 Å². The molecular formula is C15H16ClN. The standard InChI is InChI=1S/C15H16ClN/c16-14-9-13-11(6-3-4-8-15(13)17)10-5-1-2-7-12(10)14/h1-2,5,7,9,15H,3-4,6,8,17H2/t15-/m0/s1. The van der Waals surface area contributed by atoms with E-state index in [1.165, 1.54) is 29.4 Å². The van der Waals surface area contributed by atoms with Crippen LogP contribution in [0.25, 0.3) is 10.8 Å². The van der Waals surface area contributed by atoms with Gasteiger partial charge in [-0.25, -0.2) is 0 Å². The molecule has 88 valence electrons. The molecule has 0 aromatic heterocycles. The zero-order valence-electron chi connectivity index (χ0n) is 9.75. The molecule has 0 amide bonds. The van der Waals surface area contributed by atoms with E-state index in [1.54, 1.807) is 0 Å². The van der Waals surface area contributed by atoms with Crippen molar-refractivity contribution < 1.29 is 0 Å². The van der Waals surface area contributed by atoms with Crippen LogP contribution in [-0.2, 0) is 6.42 Å². The van der Waals surface area contributed by atoms with Crippen LogP contribution in [0.15, 0.2) is 30.3 Å². The minimum atomic E-state index is 0.148. The maximum atomic E-state index is 6.36. The van der Waals surface area contributed by atoms with Crippen LogP contribution in [0.1, 0.15) is 36.4 Å². The average Bonchev–Trinajstić information content (AvgIpc) is 2.53. The Morgan fingerprint density at radius 3 is 2.71 bits per heavy atom. The molecular weight excluding hydrogens is 230 g/mol. The molecule has 1 atom stereocenters. The fraction of sp³-hybridized carbons (Fsp3) is 0.333. The van der Waals surface area contributed by atoms with Crippen LogP contribution in [0.4, 0.5) is 0 Å². The Morgan fingerprint density at radius 2 is 1.88 bits per heavy atom. The van der Waals surface area contributed by atoms with E-state index in [9.17, 15) is 0 Å². The van der Waals surface area contributed by atoms with Gasteiger partial charge in [0.15, 0.2) is 0 Å². The Balaban J connectivity index is 2.34. The van der Waals surface area contributed by atoms with E-state index in [0.29, 0.717) is 0 Å². The second-order valence-corrected chi connectivity index (χ2v) is 5.23. The number of fused-ring (bicyclic) bond motifs is 3. The van der Waals surface area contributed by atoms with Crippen LogP contribution < -0.4 is 5.73 Å². The van der Waals surface area contributed by atoms with Crippen LogP contribution >= 0.6 is 11.6 Å². The van der Waals surface area contributed by atoms with Gasteiger partial charge in [-0.15, -0.1) is 0 Å². The maximum Gasteiger partial charge on any atom is 0.0487 e. The van der Waals surface area contributed by atoms with Gasteiger partial charge < -0.3 is 5.73 Å². The highest BCUT2D eigenvalue weighted by Crippen LogP contribution is 2.36. The van der Waals surface area contributed by atoms with Gasteiger partial charge in [0.1, 0.15) is 0 Å². The Kier molecular flexibility index (Phi) is 2.81. The molecule has 3 rings (SSSR count). The first-order chi connectivity index (χ1) is 8.27. The van der Waals surface area contributed by atoms with Gasteiger partial charge in [-0.3, -0.25) is 0 Å². The molecule has 1 aliphatic rings. The van der Waals surface area contributed by atoms with Gasteiger partial charge in [0.05, 0.1) is 0 Å². The number of hydrogen-bond donors (Lipinski definition) is 1. The molecule has 0 spiro atoms. The Hall–Kier alpha value is -1.05. The molecule has 0 fully saturated rings. The Labute approximate surface area is 107 Å². The highest BCUT2D eigenvalue weighted by Gasteiger charge is 2.18. The van der Waals surface area contributed by atoms with E-state index >= 15 is 0 Å². The lowest BCUT2D eigenvalue weighted by molar-refractivity contribution is 0.615. The predicted molar refractivity (Wildman–Crippen MR) is 73.4 cm³/mol. The fourth-order valence-electron chi connectivity index (χ4n) is 2.84. The van der Waals surface area contributed by atoms with E-state index in [2.05, 4.69) is 24.3 Å². The van der Waals surface area contributed by atoms with E-state index in [0.717, 1.165) is 23.3 Å². The smallest absolute Gasteiger partial charge is 0.0487 e. The van der Waals surface area contributed by atoms with Gasteiger partial charge in [0.2, 0.25) is 0 Å². The summed E-state index contributed by atoms with van der Waals surface area (Å²) in [7, 11) is 0. The molecule has 17 heavy (non-hydrogen) atoms. The third-order valence-electron chi connectivity index (χ3n) is 3.73. The normalized spacial score (nSPS) is 20.0. The first-order valence-corrected chi connectivity index (χ1v) is 6.61. The molecule has 0 saturated heterocycles. The average molecular weight is 246 g/mol. The molecule has 2 aromatic carbocycles. The largest absolute Gasteiger partial charge is 0.324 e. The second kappa shape index (κ2) is 4.32. The number of benzene rings is 2. The van der Waals surface area contributed by atoms with Crippen molar-refractivity contribution in [1.29, 1.82) is 0 Å². The third kappa shape index (κ3) is 1.84. The second-order valence-electron chi connectivity index (χ2n) is 4.82. The summed E-state index contributed by atoms with van der Waals surface area (Å²) in [5.41, 5.74) is 8.92. The summed E-state index contributed by atoms with van der Waals surface area (Å²) in [4.78, 5) is 0. The van der Waals surface area contributed by atoms with E-state index < -0.39 is 0 Å². The number of rotatable bonds is 0. The lowest BCUT2D eigenvalue weighted by Gasteiger charge is -2.16. The van der Waals surface area contributed by atoms with Gasteiger partial charge in [-0.1, -0.05) is 42.3 Å². The van der Waals surface area contributed by atoms with Crippen molar-refractivity contribution in [2.45, 2.75) is 31.7 Å². The maximum absolute atomic E-state index is 6.36. The zero-order valence-corrected chi connectivity index (χ0v) is 10.5. The minimum absolute atomic E-state index is 0.148. The molecule has 0 aliphatic heterocycles. The van der Waals surface area contributed by atoms with E-state index in [-0.39, 0.29) is 6.04 Å². The number of aryl methyl sites for hydroxylation is 1. The van der Waals surface area contributed by atoms with Gasteiger partial charge in [0.25, 0.3) is 0 Å². The van der Waals surface area contributed by atoms with E-state index in [4.69, 9.17) is 17.3 Å². The van der Waals surface area contributed by atoms with Crippen LogP contribution in [0.2, 0.25) is 5.02 Å². The first-order valence-electron chi connectivity index (χ1n) is 6.23. The monoisotopic (exact) mass is 245 g/mol. The van der Waals surface area contributed by atoms with Gasteiger partial charge in [-0.2, -0.15) is 0 Å². The highest BCUT2D eigenvalue weighted by molar-refractivity contribution is 6.35. The van der Waals surface area contributed by atoms with Crippen LogP contribution in [0.3, 0.4) is 0 Å². The van der Waals surface area contributed by atoms with E-state index in [1.807, 2.05) is 6.07 Å². The van der Waals surface area contributed by atoms with Crippen molar-refractivity contribution in [2.24, 2.45) is 5.73 Å². The van der Waals surface area contributed by atoms with Crippen LogP contribution in [-0.4, -0.2) is 0 Å². The quantitative estimate of drug-likeness (QED) is 0.691. The summed E-state index contributed by atoms with van der Waals surface area (Å²) in [6.45, 7) is 0. The van der Waals surface area contributed by atoms with Crippen molar-refractivity contribution in [3.8, 4) is 0 Å². The van der Waals surface area contributed by atoms with Crippen LogP contribution in [0.5, 0.6) is 0 Å². The topological polar surface area (TPSA) is 26.0 Å². The van der Waals surface area contributed by atoms with Crippen molar-refractivity contribution in [3.05, 3.63) is 46.5 Å². The molecule has 1 nitrogen and oxygen atoms in total. The minimum Gasteiger partial charge on any atom is -0.324 e. The van der Waals surface area contributed by atoms with Crippen molar-refractivity contribution >= 4 is 22.4 Å². The lowest BCUT2D eigenvalue weighted by atomic mass is 9.94. The molecule has 2 N–H and O–H groups in total. The number of hydrogen-bond acceptors (Lipinski definition) is 1. The molecule has 1 aliphatic carbocycles. The molecule has 2 heteroatoms. The predicted octanol–water partition coefficient (Wildman–Crippen LogP) is 4.22. The third-order valence-corrected chi connectivity index (χ3v) is 4.04. The van der Waals surface area contributed by atoms with Crippen molar-refractivity contribution in [2.75, 3.05) is 0 Å². The fourth-order valence-corrected chi connectivity index (χ4v) is 3.13. The highest BCUT2D eigenvalue weighted by atomic mass is 35.5. The molecule has 0 heterocycles.